The van der Waals surface area contributed by atoms with Crippen molar-refractivity contribution in [2.75, 3.05) is 0 Å². The lowest BCUT2D eigenvalue weighted by Crippen LogP contribution is -2.03. The molecule has 3 nitrogen and oxygen atoms in total. The first kappa shape index (κ1) is 10.1. The van der Waals surface area contributed by atoms with Crippen LogP contribution in [0.4, 0.5) is 0 Å². The van der Waals surface area contributed by atoms with Crippen molar-refractivity contribution >= 4 is 11.0 Å². The highest BCUT2D eigenvalue weighted by Crippen LogP contribution is 2.18. The van der Waals surface area contributed by atoms with Crippen molar-refractivity contribution in [3.63, 3.8) is 0 Å². The van der Waals surface area contributed by atoms with Gasteiger partial charge in [-0.2, -0.15) is 0 Å². The number of fused-ring (bicyclic) bond motifs is 1. The summed E-state index contributed by atoms with van der Waals surface area (Å²) in [6.07, 6.45) is 4.43. The minimum absolute atomic E-state index is 0.820. The molecule has 0 fully saturated rings. The summed E-state index contributed by atoms with van der Waals surface area (Å²) in [5, 5.41) is 0. The summed E-state index contributed by atoms with van der Waals surface area (Å²) in [4.78, 5) is 4.64. The Hall–Kier alpha value is -2.03. The largest absolute Gasteiger partial charge is 0.472 e. The molecule has 2 aromatic heterocycles. The number of imidazole rings is 1. The number of hydrogen-bond donors (Lipinski definition) is 0. The average molecular weight is 226 g/mol. The Morgan fingerprint density at radius 2 is 2.12 bits per heavy atom. The molecule has 0 aliphatic carbocycles. The van der Waals surface area contributed by atoms with E-state index in [1.165, 1.54) is 11.1 Å². The monoisotopic (exact) mass is 226 g/mol. The Bertz CT molecular complexity index is 623. The second kappa shape index (κ2) is 4.09. The van der Waals surface area contributed by atoms with Gasteiger partial charge in [-0.25, -0.2) is 4.98 Å². The number of hydrogen-bond acceptors (Lipinski definition) is 2. The van der Waals surface area contributed by atoms with Crippen molar-refractivity contribution in [2.24, 2.45) is 0 Å². The fourth-order valence-corrected chi connectivity index (χ4v) is 2.14. The molecule has 0 saturated heterocycles. The van der Waals surface area contributed by atoms with Crippen LogP contribution in [0.3, 0.4) is 0 Å². The van der Waals surface area contributed by atoms with E-state index in [4.69, 9.17) is 4.42 Å². The molecule has 0 aliphatic heterocycles. The normalized spacial score (nSPS) is 11.1. The predicted octanol–water partition coefficient (Wildman–Crippen LogP) is 3.24. The molecule has 0 N–H and O–H groups in total. The first-order valence-corrected chi connectivity index (χ1v) is 5.83. The van der Waals surface area contributed by atoms with Crippen LogP contribution >= 0.6 is 0 Å². The van der Waals surface area contributed by atoms with Crippen molar-refractivity contribution in [1.82, 2.24) is 9.55 Å². The van der Waals surface area contributed by atoms with Crippen LogP contribution in [0, 0.1) is 0 Å². The summed E-state index contributed by atoms with van der Waals surface area (Å²) in [6, 6.07) is 10.2. The minimum Gasteiger partial charge on any atom is -0.472 e. The van der Waals surface area contributed by atoms with Gasteiger partial charge >= 0.3 is 0 Å². The zero-order chi connectivity index (χ0) is 11.7. The molecule has 0 spiro atoms. The lowest BCUT2D eigenvalue weighted by atomic mass is 10.3. The summed E-state index contributed by atoms with van der Waals surface area (Å²) < 4.78 is 7.37. The number of para-hydroxylation sites is 2. The quantitative estimate of drug-likeness (QED) is 0.686. The third kappa shape index (κ3) is 1.73. The van der Waals surface area contributed by atoms with Crippen molar-refractivity contribution in [3.05, 3.63) is 54.2 Å². The Labute approximate surface area is 99.7 Å². The van der Waals surface area contributed by atoms with E-state index >= 15 is 0 Å². The summed E-state index contributed by atoms with van der Waals surface area (Å²) in [5.74, 6) is 1.12. The molecule has 3 rings (SSSR count). The van der Waals surface area contributed by atoms with Crippen molar-refractivity contribution in [2.45, 2.75) is 19.9 Å². The van der Waals surface area contributed by atoms with E-state index in [-0.39, 0.29) is 0 Å². The molecular formula is C14H14N2O. The standard InChI is InChI=1S/C14H14N2O/c1-2-14-15-12-5-3-4-6-13(12)16(14)9-11-7-8-17-10-11/h3-8,10H,2,9H2,1H3. The van der Waals surface area contributed by atoms with Gasteiger partial charge in [-0.15, -0.1) is 0 Å². The molecule has 0 radical (unpaired) electrons. The van der Waals surface area contributed by atoms with E-state index in [0.29, 0.717) is 0 Å². The smallest absolute Gasteiger partial charge is 0.109 e. The van der Waals surface area contributed by atoms with Crippen LogP contribution in [0.15, 0.2) is 47.3 Å². The van der Waals surface area contributed by atoms with Gasteiger partial charge in [0.05, 0.1) is 30.1 Å². The highest BCUT2D eigenvalue weighted by Gasteiger charge is 2.09. The second-order valence-electron chi connectivity index (χ2n) is 4.09. The molecular weight excluding hydrogens is 212 g/mol. The summed E-state index contributed by atoms with van der Waals surface area (Å²) in [7, 11) is 0. The van der Waals surface area contributed by atoms with E-state index in [1.807, 2.05) is 12.1 Å². The highest BCUT2D eigenvalue weighted by molar-refractivity contribution is 5.76. The zero-order valence-electron chi connectivity index (χ0n) is 9.76. The van der Waals surface area contributed by atoms with Gasteiger partial charge in [0.2, 0.25) is 0 Å². The molecule has 17 heavy (non-hydrogen) atoms. The number of furan rings is 1. The van der Waals surface area contributed by atoms with Crippen molar-refractivity contribution < 1.29 is 4.42 Å². The van der Waals surface area contributed by atoms with Crippen LogP contribution in [0.25, 0.3) is 11.0 Å². The van der Waals surface area contributed by atoms with E-state index in [1.54, 1.807) is 12.5 Å². The number of rotatable bonds is 3. The van der Waals surface area contributed by atoms with Gasteiger partial charge in [0.15, 0.2) is 0 Å². The third-order valence-corrected chi connectivity index (χ3v) is 2.97. The van der Waals surface area contributed by atoms with Gasteiger partial charge in [-0.1, -0.05) is 19.1 Å². The first-order valence-electron chi connectivity index (χ1n) is 5.83. The predicted molar refractivity (Wildman–Crippen MR) is 66.9 cm³/mol. The number of aromatic nitrogens is 2. The SMILES string of the molecule is CCc1nc2ccccc2n1Cc1ccoc1. The van der Waals surface area contributed by atoms with Gasteiger partial charge in [-0.05, 0) is 18.2 Å². The maximum absolute atomic E-state index is 5.12. The topological polar surface area (TPSA) is 31.0 Å². The summed E-state index contributed by atoms with van der Waals surface area (Å²) >= 11 is 0. The van der Waals surface area contributed by atoms with Gasteiger partial charge in [-0.3, -0.25) is 0 Å². The molecule has 0 amide bonds. The van der Waals surface area contributed by atoms with Gasteiger partial charge in [0.1, 0.15) is 5.82 Å². The fourth-order valence-electron chi connectivity index (χ4n) is 2.14. The van der Waals surface area contributed by atoms with E-state index in [2.05, 4.69) is 34.7 Å². The molecule has 0 aliphatic rings. The Morgan fingerprint density at radius 1 is 1.24 bits per heavy atom. The lowest BCUT2D eigenvalue weighted by Gasteiger charge is -2.05. The lowest BCUT2D eigenvalue weighted by molar-refractivity contribution is 0.562. The van der Waals surface area contributed by atoms with Crippen LogP contribution in [0.5, 0.6) is 0 Å². The number of nitrogens with zero attached hydrogens (tertiary/aromatic N) is 2. The van der Waals surface area contributed by atoms with Gasteiger partial charge in [0, 0.05) is 12.0 Å². The maximum atomic E-state index is 5.12. The Morgan fingerprint density at radius 3 is 2.88 bits per heavy atom. The first-order chi connectivity index (χ1) is 8.38. The van der Waals surface area contributed by atoms with E-state index in [0.717, 1.165) is 24.3 Å². The van der Waals surface area contributed by atoms with Crippen molar-refractivity contribution in [3.8, 4) is 0 Å². The van der Waals surface area contributed by atoms with Crippen LogP contribution in [-0.4, -0.2) is 9.55 Å². The van der Waals surface area contributed by atoms with Crippen LogP contribution in [-0.2, 0) is 13.0 Å². The van der Waals surface area contributed by atoms with E-state index in [9.17, 15) is 0 Å². The second-order valence-corrected chi connectivity index (χ2v) is 4.09. The molecule has 86 valence electrons. The van der Waals surface area contributed by atoms with Crippen LogP contribution < -0.4 is 0 Å². The average Bonchev–Trinajstić information content (AvgIpc) is 2.98. The van der Waals surface area contributed by atoms with Gasteiger partial charge in [0.25, 0.3) is 0 Å². The van der Waals surface area contributed by atoms with Crippen LogP contribution in [0.2, 0.25) is 0 Å². The van der Waals surface area contributed by atoms with E-state index < -0.39 is 0 Å². The maximum Gasteiger partial charge on any atom is 0.109 e. The summed E-state index contributed by atoms with van der Waals surface area (Å²) in [6.45, 7) is 2.95. The number of aryl methyl sites for hydroxylation is 1. The van der Waals surface area contributed by atoms with Crippen molar-refractivity contribution in [1.29, 1.82) is 0 Å². The van der Waals surface area contributed by atoms with Crippen LogP contribution in [0.1, 0.15) is 18.3 Å². The highest BCUT2D eigenvalue weighted by atomic mass is 16.3. The fraction of sp³-hybridized carbons (Fsp3) is 0.214. The Kier molecular flexibility index (Phi) is 2.44. The molecule has 1 aromatic carbocycles. The molecule has 0 atom stereocenters. The zero-order valence-corrected chi connectivity index (χ0v) is 9.76. The minimum atomic E-state index is 0.820. The molecule has 0 bridgehead atoms. The molecule has 3 heteroatoms. The molecule has 0 saturated carbocycles. The number of benzene rings is 1. The molecule has 3 aromatic rings. The molecule has 2 heterocycles. The Balaban J connectivity index is 2.12. The third-order valence-electron chi connectivity index (χ3n) is 2.97. The molecule has 0 unspecified atom stereocenters. The van der Waals surface area contributed by atoms with Gasteiger partial charge < -0.3 is 8.98 Å². The summed E-state index contributed by atoms with van der Waals surface area (Å²) in [5.41, 5.74) is 3.42.